The Hall–Kier alpha value is -2.64. The first-order chi connectivity index (χ1) is 13.3. The molecule has 0 amide bonds. The highest BCUT2D eigenvalue weighted by Crippen LogP contribution is 2.26. The molecule has 0 aromatic carbocycles. The number of ether oxygens (including phenoxy) is 1. The summed E-state index contributed by atoms with van der Waals surface area (Å²) in [6.07, 6.45) is 1.49. The molecule has 0 aliphatic rings. The Bertz CT molecular complexity index is 1110. The molecule has 0 radical (unpaired) electrons. The van der Waals surface area contributed by atoms with E-state index in [4.69, 9.17) is 27.9 Å². The number of rotatable bonds is 5. The zero-order valence-corrected chi connectivity index (χ0v) is 17.1. The van der Waals surface area contributed by atoms with Gasteiger partial charge in [-0.15, -0.1) is 0 Å². The number of carbonyl (C=O) groups is 1. The van der Waals surface area contributed by atoms with Crippen molar-refractivity contribution in [3.63, 3.8) is 0 Å². The van der Waals surface area contributed by atoms with Crippen LogP contribution in [0.3, 0.4) is 0 Å². The van der Waals surface area contributed by atoms with Gasteiger partial charge in [0, 0.05) is 18.4 Å². The summed E-state index contributed by atoms with van der Waals surface area (Å²) >= 11 is 11.9. The molecule has 0 saturated heterocycles. The number of carbonyl (C=O) groups excluding carboxylic acids is 1. The summed E-state index contributed by atoms with van der Waals surface area (Å²) in [5.41, 5.74) is 1.90. The van der Waals surface area contributed by atoms with Gasteiger partial charge in [0.05, 0.1) is 23.4 Å². The Morgan fingerprint density at radius 1 is 1.18 bits per heavy atom. The molecule has 0 fully saturated rings. The van der Waals surface area contributed by atoms with Crippen molar-refractivity contribution in [2.45, 2.75) is 27.3 Å². The predicted octanol–water partition coefficient (Wildman–Crippen LogP) is 4.35. The number of hydrogen-bond acceptors (Lipinski definition) is 6. The topological polar surface area (TPSA) is 86.1 Å². The molecule has 3 heterocycles. The molecule has 0 aliphatic heterocycles. The second-order valence-electron chi connectivity index (χ2n) is 6.00. The molecule has 0 atom stereocenters. The fraction of sp³-hybridized carbons (Fsp3) is 0.263. The lowest BCUT2D eigenvalue weighted by Gasteiger charge is -2.14. The van der Waals surface area contributed by atoms with Crippen LogP contribution in [-0.4, -0.2) is 27.1 Å². The van der Waals surface area contributed by atoms with Crippen LogP contribution >= 0.6 is 23.2 Å². The first-order valence-corrected chi connectivity index (χ1v) is 9.41. The van der Waals surface area contributed by atoms with E-state index in [-0.39, 0.29) is 22.5 Å². The van der Waals surface area contributed by atoms with Gasteiger partial charge in [-0.05, 0) is 39.0 Å². The number of aromatic nitrogens is 3. The number of aryl methyl sites for hydroxylation is 2. The number of nitrogens with one attached hydrogen (secondary N) is 1. The predicted molar refractivity (Wildman–Crippen MR) is 110 cm³/mol. The maximum atomic E-state index is 12.9. The number of esters is 1. The smallest absolute Gasteiger partial charge is 0.343 e. The third-order valence-electron chi connectivity index (χ3n) is 4.12. The molecule has 3 aromatic rings. The Morgan fingerprint density at radius 3 is 2.46 bits per heavy atom. The van der Waals surface area contributed by atoms with Crippen molar-refractivity contribution in [3.05, 3.63) is 56.2 Å². The maximum absolute atomic E-state index is 12.9. The van der Waals surface area contributed by atoms with Gasteiger partial charge in [0.1, 0.15) is 21.5 Å². The Morgan fingerprint density at radius 2 is 1.86 bits per heavy atom. The van der Waals surface area contributed by atoms with Gasteiger partial charge in [0.2, 0.25) is 5.43 Å². The van der Waals surface area contributed by atoms with Crippen molar-refractivity contribution < 1.29 is 9.53 Å². The van der Waals surface area contributed by atoms with Gasteiger partial charge in [0.15, 0.2) is 0 Å². The van der Waals surface area contributed by atoms with E-state index in [1.54, 1.807) is 29.7 Å². The van der Waals surface area contributed by atoms with Crippen molar-refractivity contribution in [2.24, 2.45) is 0 Å². The molecule has 1 N–H and O–H groups in total. The van der Waals surface area contributed by atoms with Crippen LogP contribution in [0.15, 0.2) is 29.2 Å². The average Bonchev–Trinajstić information content (AvgIpc) is 2.62. The van der Waals surface area contributed by atoms with Crippen LogP contribution in [0.2, 0.25) is 10.3 Å². The molecular weight excluding hydrogens is 403 g/mol. The second-order valence-corrected chi connectivity index (χ2v) is 6.77. The summed E-state index contributed by atoms with van der Waals surface area (Å²) in [7, 11) is 0. The number of nitrogens with zero attached hydrogens (tertiary/aromatic N) is 3. The summed E-state index contributed by atoms with van der Waals surface area (Å²) < 4.78 is 6.76. The van der Waals surface area contributed by atoms with Crippen LogP contribution in [0.4, 0.5) is 11.4 Å². The molecule has 9 heteroatoms. The number of fused-ring (bicyclic) bond motifs is 1. The van der Waals surface area contributed by atoms with Gasteiger partial charge in [-0.25, -0.2) is 14.8 Å². The summed E-state index contributed by atoms with van der Waals surface area (Å²) in [6, 6.07) is 4.88. The van der Waals surface area contributed by atoms with Gasteiger partial charge >= 0.3 is 5.97 Å². The normalized spacial score (nSPS) is 10.9. The van der Waals surface area contributed by atoms with Crippen LogP contribution in [0, 0.1) is 6.92 Å². The number of pyridine rings is 3. The largest absolute Gasteiger partial charge is 0.462 e. The minimum absolute atomic E-state index is 0.0252. The van der Waals surface area contributed by atoms with Crippen LogP contribution in [0.25, 0.3) is 11.0 Å². The van der Waals surface area contributed by atoms with Gasteiger partial charge in [-0.2, -0.15) is 0 Å². The van der Waals surface area contributed by atoms with E-state index in [0.29, 0.717) is 34.6 Å². The summed E-state index contributed by atoms with van der Waals surface area (Å²) in [6.45, 7) is 6.14. The fourth-order valence-corrected chi connectivity index (χ4v) is 3.27. The minimum atomic E-state index is -0.653. The summed E-state index contributed by atoms with van der Waals surface area (Å²) in [4.78, 5) is 33.6. The Kier molecular flexibility index (Phi) is 5.86. The van der Waals surface area contributed by atoms with E-state index in [9.17, 15) is 9.59 Å². The summed E-state index contributed by atoms with van der Waals surface area (Å²) in [5.74, 6) is -0.653. The third-order valence-corrected chi connectivity index (χ3v) is 4.50. The lowest BCUT2D eigenvalue weighted by Crippen LogP contribution is -2.21. The van der Waals surface area contributed by atoms with Gasteiger partial charge in [0.25, 0.3) is 0 Å². The van der Waals surface area contributed by atoms with Crippen molar-refractivity contribution in [1.29, 1.82) is 0 Å². The molecular formula is C19H18Cl2N4O3. The van der Waals surface area contributed by atoms with E-state index in [0.717, 1.165) is 0 Å². The molecule has 0 saturated carbocycles. The lowest BCUT2D eigenvalue weighted by molar-refractivity contribution is 0.0524. The van der Waals surface area contributed by atoms with Gasteiger partial charge in [-0.1, -0.05) is 23.2 Å². The average molecular weight is 421 g/mol. The highest BCUT2D eigenvalue weighted by Gasteiger charge is 2.18. The van der Waals surface area contributed by atoms with Crippen molar-refractivity contribution in [2.75, 3.05) is 11.9 Å². The second kappa shape index (κ2) is 8.16. The molecule has 0 unspecified atom stereocenters. The lowest BCUT2D eigenvalue weighted by atomic mass is 10.1. The van der Waals surface area contributed by atoms with Crippen molar-refractivity contribution in [3.8, 4) is 0 Å². The van der Waals surface area contributed by atoms with Crippen LogP contribution in [-0.2, 0) is 11.3 Å². The minimum Gasteiger partial charge on any atom is -0.462 e. The SMILES string of the molecule is CCOC(=O)c1cn(CC)c2nc(C)c(Nc3cc(Cl)nc(Cl)c3)cc2c1=O. The zero-order valence-electron chi connectivity index (χ0n) is 15.5. The van der Waals surface area contributed by atoms with E-state index in [1.165, 1.54) is 6.20 Å². The Balaban J connectivity index is 2.18. The molecule has 7 nitrogen and oxygen atoms in total. The van der Waals surface area contributed by atoms with Crippen molar-refractivity contribution >= 4 is 51.6 Å². The van der Waals surface area contributed by atoms with Gasteiger partial charge < -0.3 is 14.6 Å². The van der Waals surface area contributed by atoms with E-state index in [2.05, 4.69) is 15.3 Å². The van der Waals surface area contributed by atoms with Crippen LogP contribution < -0.4 is 10.7 Å². The first-order valence-electron chi connectivity index (χ1n) is 8.66. The molecule has 3 aromatic heterocycles. The van der Waals surface area contributed by atoms with E-state index in [1.807, 2.05) is 13.8 Å². The highest BCUT2D eigenvalue weighted by molar-refractivity contribution is 6.32. The van der Waals surface area contributed by atoms with E-state index < -0.39 is 11.4 Å². The molecule has 28 heavy (non-hydrogen) atoms. The molecule has 146 valence electrons. The molecule has 3 rings (SSSR count). The number of hydrogen-bond donors (Lipinski definition) is 1. The number of halogens is 2. The highest BCUT2D eigenvalue weighted by atomic mass is 35.5. The standard InChI is InChI=1S/C19H18Cl2N4O3/c1-4-25-9-13(19(27)28-5-2)17(26)12-8-14(10(3)22-18(12)25)23-11-6-15(20)24-16(21)7-11/h6-9H,4-5H2,1-3H3,(H,23,24). The monoisotopic (exact) mass is 420 g/mol. The summed E-state index contributed by atoms with van der Waals surface area (Å²) in [5, 5.41) is 3.93. The van der Waals surface area contributed by atoms with Crippen LogP contribution in [0.1, 0.15) is 29.9 Å². The maximum Gasteiger partial charge on any atom is 0.343 e. The molecule has 0 bridgehead atoms. The number of anilines is 2. The van der Waals surface area contributed by atoms with E-state index >= 15 is 0 Å². The quantitative estimate of drug-likeness (QED) is 0.487. The van der Waals surface area contributed by atoms with Gasteiger partial charge in [-0.3, -0.25) is 4.79 Å². The zero-order chi connectivity index (χ0) is 20.4. The molecule has 0 aliphatic carbocycles. The third kappa shape index (κ3) is 3.95. The molecule has 0 spiro atoms. The Labute approximate surface area is 171 Å². The fourth-order valence-electron chi connectivity index (χ4n) is 2.81. The van der Waals surface area contributed by atoms with Crippen LogP contribution in [0.5, 0.6) is 0 Å². The van der Waals surface area contributed by atoms with Crippen molar-refractivity contribution in [1.82, 2.24) is 14.5 Å². The first kappa shape index (κ1) is 20.1.